The van der Waals surface area contributed by atoms with Crippen LogP contribution in [0.5, 0.6) is 0 Å². The molecule has 0 saturated heterocycles. The molecule has 0 aliphatic carbocycles. The van der Waals surface area contributed by atoms with Crippen molar-refractivity contribution in [1.29, 1.82) is 0 Å². The molecule has 2 aromatic rings. The third-order valence-corrected chi connectivity index (χ3v) is 1.96. The van der Waals surface area contributed by atoms with Crippen LogP contribution in [0.1, 0.15) is 10.4 Å². The van der Waals surface area contributed by atoms with Crippen molar-refractivity contribution in [3.8, 4) is 0 Å². The van der Waals surface area contributed by atoms with Gasteiger partial charge >= 0.3 is 0 Å². The lowest BCUT2D eigenvalue weighted by Crippen LogP contribution is -2.09. The Morgan fingerprint density at radius 3 is 2.86 bits per heavy atom. The fraction of sp³-hybridized carbons (Fsp3) is 0. The molecular weight excluding hydrogens is 182 g/mol. The monoisotopic (exact) mass is 189 g/mol. The van der Waals surface area contributed by atoms with Gasteiger partial charge in [0, 0.05) is 5.39 Å². The molecule has 2 rings (SSSR count). The Balaban J connectivity index is 2.99. The van der Waals surface area contributed by atoms with E-state index in [1.54, 1.807) is 24.3 Å². The number of carbonyl (C=O) groups is 1. The molecule has 0 saturated carbocycles. The van der Waals surface area contributed by atoms with Gasteiger partial charge in [0.1, 0.15) is 17.2 Å². The summed E-state index contributed by atoms with van der Waals surface area (Å²) in [5.41, 5.74) is 0.803. The van der Waals surface area contributed by atoms with E-state index in [0.29, 0.717) is 17.3 Å². The van der Waals surface area contributed by atoms with E-state index in [4.69, 9.17) is 9.62 Å². The van der Waals surface area contributed by atoms with Gasteiger partial charge in [0.2, 0.25) is 0 Å². The number of para-hydroxylation sites is 1. The van der Waals surface area contributed by atoms with E-state index in [0.717, 1.165) is 0 Å². The Hall–Kier alpha value is -2.10. The van der Waals surface area contributed by atoms with Gasteiger partial charge in [-0.1, -0.05) is 17.3 Å². The van der Waals surface area contributed by atoms with E-state index in [-0.39, 0.29) is 10.9 Å². The standard InChI is InChI=1S/C10H7NO3/c12-5-7-6-14-9-4-2-1-3-8(9)10(7)11-13/h1-6,13H. The molecule has 0 radical (unpaired) electrons. The maximum absolute atomic E-state index is 10.6. The molecule has 1 heterocycles. The molecule has 0 aliphatic heterocycles. The second kappa shape index (κ2) is 3.33. The highest BCUT2D eigenvalue weighted by atomic mass is 16.4. The molecule has 0 aliphatic rings. The molecule has 1 N–H and O–H groups in total. The third-order valence-electron chi connectivity index (χ3n) is 1.96. The summed E-state index contributed by atoms with van der Waals surface area (Å²) in [5.74, 6) is 0. The molecule has 0 amide bonds. The van der Waals surface area contributed by atoms with Gasteiger partial charge in [0.25, 0.3) is 0 Å². The summed E-state index contributed by atoms with van der Waals surface area (Å²) in [6, 6.07) is 7.04. The summed E-state index contributed by atoms with van der Waals surface area (Å²) in [4.78, 5) is 10.6. The number of fused-ring (bicyclic) bond motifs is 1. The topological polar surface area (TPSA) is 62.8 Å². The lowest BCUT2D eigenvalue weighted by atomic mass is 10.2. The fourth-order valence-corrected chi connectivity index (χ4v) is 1.30. The minimum atomic E-state index is 0.228. The first-order chi connectivity index (χ1) is 6.86. The van der Waals surface area contributed by atoms with Crippen molar-refractivity contribution < 1.29 is 14.4 Å². The molecule has 14 heavy (non-hydrogen) atoms. The molecule has 4 heteroatoms. The quantitative estimate of drug-likeness (QED) is 0.420. The van der Waals surface area contributed by atoms with E-state index < -0.39 is 0 Å². The molecule has 70 valence electrons. The van der Waals surface area contributed by atoms with Crippen LogP contribution < -0.4 is 5.36 Å². The van der Waals surface area contributed by atoms with Crippen LogP contribution in [0.3, 0.4) is 0 Å². The van der Waals surface area contributed by atoms with Gasteiger partial charge < -0.3 is 9.62 Å². The van der Waals surface area contributed by atoms with Crippen LogP contribution >= 0.6 is 0 Å². The number of hydrogen-bond donors (Lipinski definition) is 1. The molecular formula is C10H7NO3. The highest BCUT2D eigenvalue weighted by Gasteiger charge is 2.03. The second-order valence-corrected chi connectivity index (χ2v) is 2.75. The van der Waals surface area contributed by atoms with Gasteiger partial charge in [-0.05, 0) is 12.1 Å². The number of nitrogens with zero attached hydrogens (tertiary/aromatic N) is 1. The minimum Gasteiger partial charge on any atom is -0.463 e. The zero-order valence-corrected chi connectivity index (χ0v) is 7.18. The molecule has 1 aromatic heterocycles. The predicted octanol–water partition coefficient (Wildman–Crippen LogP) is 1.54. The summed E-state index contributed by atoms with van der Waals surface area (Å²) < 4.78 is 5.17. The number of benzene rings is 1. The largest absolute Gasteiger partial charge is 0.463 e. The van der Waals surface area contributed by atoms with Crippen LogP contribution in [0.25, 0.3) is 11.0 Å². The second-order valence-electron chi connectivity index (χ2n) is 2.75. The lowest BCUT2D eigenvalue weighted by molar-refractivity contribution is 0.111. The van der Waals surface area contributed by atoms with Gasteiger partial charge in [-0.2, -0.15) is 0 Å². The molecule has 0 bridgehead atoms. The Kier molecular flexibility index (Phi) is 2.02. The van der Waals surface area contributed by atoms with E-state index >= 15 is 0 Å². The van der Waals surface area contributed by atoms with Crippen LogP contribution in [0.4, 0.5) is 0 Å². The van der Waals surface area contributed by atoms with Crippen molar-refractivity contribution in [2.75, 3.05) is 0 Å². The Morgan fingerprint density at radius 2 is 2.14 bits per heavy atom. The third kappa shape index (κ3) is 1.17. The summed E-state index contributed by atoms with van der Waals surface area (Å²) in [7, 11) is 0. The van der Waals surface area contributed by atoms with Gasteiger partial charge in [-0.3, -0.25) is 4.79 Å². The maximum Gasteiger partial charge on any atom is 0.155 e. The lowest BCUT2D eigenvalue weighted by Gasteiger charge is -1.97. The SMILES string of the molecule is O=Cc1coc2ccccc2c1=NO. The first kappa shape index (κ1) is 8.50. The highest BCUT2D eigenvalue weighted by molar-refractivity contribution is 5.83. The Morgan fingerprint density at radius 1 is 1.36 bits per heavy atom. The van der Waals surface area contributed by atoms with E-state index in [1.807, 2.05) is 0 Å². The smallest absolute Gasteiger partial charge is 0.155 e. The first-order valence-electron chi connectivity index (χ1n) is 4.00. The van der Waals surface area contributed by atoms with Crippen molar-refractivity contribution in [2.24, 2.45) is 5.16 Å². The van der Waals surface area contributed by atoms with Gasteiger partial charge in [-0.15, -0.1) is 0 Å². The maximum atomic E-state index is 10.6. The normalized spacial score (nSPS) is 11.9. The van der Waals surface area contributed by atoms with E-state index in [9.17, 15) is 4.79 Å². The van der Waals surface area contributed by atoms with E-state index in [2.05, 4.69) is 5.16 Å². The molecule has 0 spiro atoms. The number of carbonyl (C=O) groups excluding carboxylic acids is 1. The van der Waals surface area contributed by atoms with Crippen LogP contribution in [0, 0.1) is 0 Å². The highest BCUT2D eigenvalue weighted by Crippen LogP contribution is 2.09. The van der Waals surface area contributed by atoms with Crippen molar-refractivity contribution >= 4 is 17.3 Å². The Bertz CT molecular complexity index is 542. The Labute approximate surface area is 79.1 Å². The summed E-state index contributed by atoms with van der Waals surface area (Å²) in [6.07, 6.45) is 1.86. The fourth-order valence-electron chi connectivity index (χ4n) is 1.30. The predicted molar refractivity (Wildman–Crippen MR) is 49.0 cm³/mol. The zero-order valence-electron chi connectivity index (χ0n) is 7.18. The van der Waals surface area contributed by atoms with Crippen molar-refractivity contribution in [2.45, 2.75) is 0 Å². The first-order valence-corrected chi connectivity index (χ1v) is 4.00. The molecule has 0 atom stereocenters. The van der Waals surface area contributed by atoms with Gasteiger partial charge in [0.15, 0.2) is 6.29 Å². The number of hydrogen-bond acceptors (Lipinski definition) is 4. The van der Waals surface area contributed by atoms with Crippen LogP contribution in [0.15, 0.2) is 40.1 Å². The average molecular weight is 189 g/mol. The zero-order chi connectivity index (χ0) is 9.97. The van der Waals surface area contributed by atoms with Gasteiger partial charge in [0.05, 0.1) is 5.56 Å². The number of aldehydes is 1. The minimum absolute atomic E-state index is 0.228. The molecule has 0 fully saturated rings. The summed E-state index contributed by atoms with van der Waals surface area (Å²) in [6.45, 7) is 0. The van der Waals surface area contributed by atoms with Crippen LogP contribution in [-0.4, -0.2) is 11.5 Å². The van der Waals surface area contributed by atoms with Crippen molar-refractivity contribution in [3.05, 3.63) is 41.4 Å². The molecule has 4 nitrogen and oxygen atoms in total. The molecule has 0 unspecified atom stereocenters. The summed E-state index contributed by atoms with van der Waals surface area (Å²) in [5, 5.41) is 12.7. The van der Waals surface area contributed by atoms with Crippen LogP contribution in [-0.2, 0) is 0 Å². The molecule has 1 aromatic carbocycles. The van der Waals surface area contributed by atoms with Crippen molar-refractivity contribution in [1.82, 2.24) is 0 Å². The van der Waals surface area contributed by atoms with E-state index in [1.165, 1.54) is 6.26 Å². The van der Waals surface area contributed by atoms with Crippen LogP contribution in [0.2, 0.25) is 0 Å². The average Bonchev–Trinajstić information content (AvgIpc) is 2.27. The van der Waals surface area contributed by atoms with Gasteiger partial charge in [-0.25, -0.2) is 0 Å². The summed E-state index contributed by atoms with van der Waals surface area (Å²) >= 11 is 0. The van der Waals surface area contributed by atoms with Crippen molar-refractivity contribution in [3.63, 3.8) is 0 Å². The number of rotatable bonds is 1.